The van der Waals surface area contributed by atoms with Crippen LogP contribution in [0.15, 0.2) is 69.8 Å². The lowest BCUT2D eigenvalue weighted by Crippen LogP contribution is -2.33. The third kappa shape index (κ3) is 5.21. The van der Waals surface area contributed by atoms with Gasteiger partial charge in [-0.25, -0.2) is 4.39 Å². The van der Waals surface area contributed by atoms with Crippen LogP contribution in [-0.2, 0) is 6.54 Å². The molecule has 0 unspecified atom stereocenters. The molecule has 0 bridgehead atoms. The molecule has 4 nitrogen and oxygen atoms in total. The Kier molecular flexibility index (Phi) is 6.53. The second-order valence-electron chi connectivity index (χ2n) is 8.25. The molecule has 0 radical (unpaired) electrons. The van der Waals surface area contributed by atoms with Crippen molar-refractivity contribution >= 4 is 22.3 Å². The summed E-state index contributed by atoms with van der Waals surface area (Å²) in [6.07, 6.45) is 1.12. The van der Waals surface area contributed by atoms with Gasteiger partial charge in [-0.05, 0) is 89.9 Å². The highest BCUT2D eigenvalue weighted by Gasteiger charge is 2.17. The molecule has 0 spiro atoms. The van der Waals surface area contributed by atoms with Gasteiger partial charge < -0.3 is 9.15 Å². The number of halogens is 1. The number of benzene rings is 2. The molecule has 32 heavy (non-hydrogen) atoms. The number of hydrogen-bond acceptors (Lipinski definition) is 5. The van der Waals surface area contributed by atoms with Crippen molar-refractivity contribution in [2.45, 2.75) is 13.0 Å². The van der Waals surface area contributed by atoms with Gasteiger partial charge >= 0.3 is 0 Å². The minimum absolute atomic E-state index is 0.239. The molecule has 2 aromatic carbocycles. The standard InChI is InChI=1S/C26H27FN2O2S/c27-23-3-5-24(6-4-23)30-14-13-28-9-1-10-29(12-11-28)18-25-17-22-16-20(2-7-26(22)31-25)21-8-15-32-19-21/h2-8,15-17,19H,1,9-14,18H2. The van der Waals surface area contributed by atoms with Gasteiger partial charge in [0.2, 0.25) is 0 Å². The summed E-state index contributed by atoms with van der Waals surface area (Å²) in [6.45, 7) is 6.47. The van der Waals surface area contributed by atoms with E-state index in [1.165, 1.54) is 23.3 Å². The molecule has 6 heteroatoms. The van der Waals surface area contributed by atoms with Crippen LogP contribution in [-0.4, -0.2) is 49.1 Å². The topological polar surface area (TPSA) is 28.9 Å². The molecule has 1 fully saturated rings. The molecule has 1 aliphatic heterocycles. The van der Waals surface area contributed by atoms with Crippen molar-refractivity contribution in [1.82, 2.24) is 9.80 Å². The molecular formula is C26H27FN2O2S. The third-order valence-electron chi connectivity index (χ3n) is 5.97. The number of ether oxygens (including phenoxy) is 1. The van der Waals surface area contributed by atoms with E-state index in [4.69, 9.17) is 9.15 Å². The summed E-state index contributed by atoms with van der Waals surface area (Å²) in [5.41, 5.74) is 3.45. The highest BCUT2D eigenvalue weighted by Crippen LogP contribution is 2.28. The van der Waals surface area contributed by atoms with E-state index in [2.05, 4.69) is 50.9 Å². The second-order valence-corrected chi connectivity index (χ2v) is 9.03. The summed E-state index contributed by atoms with van der Waals surface area (Å²) in [5, 5.41) is 5.45. The summed E-state index contributed by atoms with van der Waals surface area (Å²) in [7, 11) is 0. The number of hydrogen-bond donors (Lipinski definition) is 0. The van der Waals surface area contributed by atoms with E-state index in [1.54, 1.807) is 23.5 Å². The number of rotatable bonds is 7. The molecular weight excluding hydrogens is 423 g/mol. The first-order chi connectivity index (χ1) is 15.7. The maximum Gasteiger partial charge on any atom is 0.134 e. The second kappa shape index (κ2) is 9.86. The van der Waals surface area contributed by atoms with Crippen LogP contribution < -0.4 is 4.74 Å². The highest BCUT2D eigenvalue weighted by atomic mass is 32.1. The summed E-state index contributed by atoms with van der Waals surface area (Å²) < 4.78 is 24.9. The quantitative estimate of drug-likeness (QED) is 0.351. The maximum atomic E-state index is 13.0. The van der Waals surface area contributed by atoms with Crippen LogP contribution in [0.3, 0.4) is 0 Å². The Morgan fingerprint density at radius 1 is 0.906 bits per heavy atom. The van der Waals surface area contributed by atoms with Crippen LogP contribution in [0.5, 0.6) is 5.75 Å². The molecule has 0 amide bonds. The van der Waals surface area contributed by atoms with Crippen molar-refractivity contribution < 1.29 is 13.5 Å². The Bertz CT molecular complexity index is 1140. The Labute approximate surface area is 191 Å². The molecule has 0 atom stereocenters. The summed E-state index contributed by atoms with van der Waals surface area (Å²) in [4.78, 5) is 4.91. The van der Waals surface area contributed by atoms with Crippen LogP contribution in [0.1, 0.15) is 12.2 Å². The summed E-state index contributed by atoms with van der Waals surface area (Å²) in [6, 6.07) is 17.0. The van der Waals surface area contributed by atoms with Gasteiger partial charge in [0.1, 0.15) is 29.5 Å². The maximum absolute atomic E-state index is 13.0. The lowest BCUT2D eigenvalue weighted by atomic mass is 10.1. The van der Waals surface area contributed by atoms with E-state index < -0.39 is 0 Å². The smallest absolute Gasteiger partial charge is 0.134 e. The Morgan fingerprint density at radius 3 is 2.59 bits per heavy atom. The zero-order chi connectivity index (χ0) is 21.8. The normalized spacial score (nSPS) is 15.8. The van der Waals surface area contributed by atoms with Gasteiger partial charge in [0.15, 0.2) is 0 Å². The first kappa shape index (κ1) is 21.2. The van der Waals surface area contributed by atoms with Gasteiger partial charge in [-0.1, -0.05) is 6.07 Å². The predicted molar refractivity (Wildman–Crippen MR) is 128 cm³/mol. The van der Waals surface area contributed by atoms with E-state index in [-0.39, 0.29) is 5.82 Å². The van der Waals surface area contributed by atoms with Crippen LogP contribution in [0, 0.1) is 5.82 Å². The zero-order valence-electron chi connectivity index (χ0n) is 18.0. The minimum Gasteiger partial charge on any atom is -0.492 e. The first-order valence-electron chi connectivity index (χ1n) is 11.1. The highest BCUT2D eigenvalue weighted by molar-refractivity contribution is 7.08. The van der Waals surface area contributed by atoms with Crippen LogP contribution in [0.25, 0.3) is 22.1 Å². The number of fused-ring (bicyclic) bond motifs is 1. The van der Waals surface area contributed by atoms with Gasteiger partial charge in [-0.15, -0.1) is 0 Å². The van der Waals surface area contributed by atoms with E-state index in [0.717, 1.165) is 68.2 Å². The van der Waals surface area contributed by atoms with Crippen molar-refractivity contribution in [3.63, 3.8) is 0 Å². The van der Waals surface area contributed by atoms with Crippen molar-refractivity contribution in [2.24, 2.45) is 0 Å². The molecule has 2 aromatic heterocycles. The number of thiophene rings is 1. The monoisotopic (exact) mass is 450 g/mol. The Balaban J connectivity index is 1.13. The lowest BCUT2D eigenvalue weighted by molar-refractivity contribution is 0.204. The molecule has 4 aromatic rings. The molecule has 0 saturated carbocycles. The fraction of sp³-hybridized carbons (Fsp3) is 0.308. The van der Waals surface area contributed by atoms with Gasteiger partial charge in [0.05, 0.1) is 6.54 Å². The van der Waals surface area contributed by atoms with Gasteiger partial charge in [-0.2, -0.15) is 11.3 Å². The Morgan fingerprint density at radius 2 is 1.75 bits per heavy atom. The average molecular weight is 451 g/mol. The van der Waals surface area contributed by atoms with Crippen molar-refractivity contribution in [3.8, 4) is 16.9 Å². The van der Waals surface area contributed by atoms with Crippen molar-refractivity contribution in [1.29, 1.82) is 0 Å². The molecule has 0 aliphatic carbocycles. The number of nitrogens with zero attached hydrogens (tertiary/aromatic N) is 2. The molecule has 3 heterocycles. The van der Waals surface area contributed by atoms with Gasteiger partial charge in [0, 0.05) is 25.0 Å². The van der Waals surface area contributed by atoms with E-state index in [0.29, 0.717) is 6.61 Å². The summed E-state index contributed by atoms with van der Waals surface area (Å²) in [5.74, 6) is 1.50. The average Bonchev–Trinajstić information content (AvgIpc) is 3.42. The molecule has 0 N–H and O–H groups in total. The van der Waals surface area contributed by atoms with Crippen LogP contribution in [0.2, 0.25) is 0 Å². The van der Waals surface area contributed by atoms with Gasteiger partial charge in [0.25, 0.3) is 0 Å². The van der Waals surface area contributed by atoms with Crippen molar-refractivity contribution in [3.05, 3.63) is 76.9 Å². The zero-order valence-corrected chi connectivity index (χ0v) is 18.8. The predicted octanol–water partition coefficient (Wildman–Crippen LogP) is 5.89. The largest absolute Gasteiger partial charge is 0.492 e. The van der Waals surface area contributed by atoms with Crippen LogP contribution >= 0.6 is 11.3 Å². The Hall–Kier alpha value is -2.67. The third-order valence-corrected chi connectivity index (χ3v) is 6.66. The fourth-order valence-electron chi connectivity index (χ4n) is 4.23. The molecule has 166 valence electrons. The van der Waals surface area contributed by atoms with Gasteiger partial charge in [-0.3, -0.25) is 9.80 Å². The lowest BCUT2D eigenvalue weighted by Gasteiger charge is -2.21. The van der Waals surface area contributed by atoms with E-state index in [1.807, 2.05) is 0 Å². The molecule has 1 saturated heterocycles. The number of furan rings is 1. The molecule has 1 aliphatic rings. The minimum atomic E-state index is -0.239. The van der Waals surface area contributed by atoms with E-state index >= 15 is 0 Å². The SMILES string of the molecule is Fc1ccc(OCCN2CCCN(Cc3cc4cc(-c5ccsc5)ccc4o3)CC2)cc1. The summed E-state index contributed by atoms with van der Waals surface area (Å²) >= 11 is 1.72. The van der Waals surface area contributed by atoms with E-state index in [9.17, 15) is 4.39 Å². The fourth-order valence-corrected chi connectivity index (χ4v) is 4.90. The van der Waals surface area contributed by atoms with Crippen LogP contribution in [0.4, 0.5) is 4.39 Å². The van der Waals surface area contributed by atoms with Crippen molar-refractivity contribution in [2.75, 3.05) is 39.3 Å². The first-order valence-corrected chi connectivity index (χ1v) is 12.1. The molecule has 5 rings (SSSR count).